The van der Waals surface area contributed by atoms with Gasteiger partial charge in [-0.15, -0.1) is 10.2 Å². The fourth-order valence-electron chi connectivity index (χ4n) is 3.57. The minimum Gasteiger partial charge on any atom is -0.224 e. The van der Waals surface area contributed by atoms with Crippen LogP contribution in [0.25, 0.3) is 23.0 Å². The van der Waals surface area contributed by atoms with E-state index in [-0.39, 0.29) is 11.2 Å². The molecule has 1 aliphatic rings. The van der Waals surface area contributed by atoms with E-state index in [0.29, 0.717) is 17.1 Å². The number of hydrogen-bond donors (Lipinski definition) is 1. The molecule has 0 aliphatic carbocycles. The number of fused-ring (bicyclic) bond motifs is 1. The Balaban J connectivity index is 1.67. The number of aromatic amines is 1. The molecule has 2 heterocycles. The maximum absolute atomic E-state index is 12.4. The summed E-state index contributed by atoms with van der Waals surface area (Å²) in [6.07, 6.45) is 2.73. The van der Waals surface area contributed by atoms with E-state index in [4.69, 9.17) is 0 Å². The van der Waals surface area contributed by atoms with E-state index in [2.05, 4.69) is 40.5 Å². The van der Waals surface area contributed by atoms with Gasteiger partial charge in [0.15, 0.2) is 9.84 Å². The van der Waals surface area contributed by atoms with Crippen molar-refractivity contribution in [2.75, 3.05) is 5.75 Å². The van der Waals surface area contributed by atoms with Crippen LogP contribution >= 0.6 is 0 Å². The highest BCUT2D eigenvalue weighted by Crippen LogP contribution is 2.39. The first-order valence-corrected chi connectivity index (χ1v) is 10.8. The zero-order valence-electron chi connectivity index (χ0n) is 16.1. The fraction of sp³-hybridized carbons (Fsp3) is 0.286. The Labute approximate surface area is 164 Å². The third-order valence-electron chi connectivity index (χ3n) is 5.39. The molecule has 1 N–H and O–H groups in total. The van der Waals surface area contributed by atoms with Crippen LogP contribution in [0.15, 0.2) is 47.4 Å². The van der Waals surface area contributed by atoms with Crippen LogP contribution in [0.2, 0.25) is 0 Å². The van der Waals surface area contributed by atoms with Crippen LogP contribution in [0.4, 0.5) is 0 Å². The van der Waals surface area contributed by atoms with E-state index >= 15 is 0 Å². The van der Waals surface area contributed by atoms with Crippen LogP contribution in [-0.4, -0.2) is 34.8 Å². The Morgan fingerprint density at radius 1 is 1.14 bits per heavy atom. The van der Waals surface area contributed by atoms with Crippen molar-refractivity contribution in [3.8, 4) is 11.4 Å². The summed E-state index contributed by atoms with van der Waals surface area (Å²) in [6.45, 7) is 6.26. The number of H-pyrrole nitrogens is 1. The molecule has 7 heteroatoms. The minimum absolute atomic E-state index is 0.148. The number of nitrogens with one attached hydrogen (secondary N) is 1. The molecule has 0 fully saturated rings. The van der Waals surface area contributed by atoms with E-state index < -0.39 is 9.84 Å². The highest BCUT2D eigenvalue weighted by Gasteiger charge is 2.35. The molecule has 144 valence electrons. The number of sulfone groups is 1. The number of tetrazole rings is 1. The molecule has 1 aromatic heterocycles. The summed E-state index contributed by atoms with van der Waals surface area (Å²) in [6, 6.07) is 13.6. The second-order valence-electron chi connectivity index (χ2n) is 7.85. The SMILES string of the molecule is C/C(=C\c1ccc2c(c1)C(C)(C)CCS2(=O)=O)c1ccc(-c2nn[nH]n2)cc1. The molecular formula is C21H22N4O2S. The lowest BCUT2D eigenvalue weighted by Gasteiger charge is -2.32. The number of hydrogen-bond acceptors (Lipinski definition) is 5. The van der Waals surface area contributed by atoms with Crippen molar-refractivity contribution in [3.63, 3.8) is 0 Å². The normalized spacial score (nSPS) is 17.9. The van der Waals surface area contributed by atoms with Crippen LogP contribution in [0, 0.1) is 0 Å². The van der Waals surface area contributed by atoms with Gasteiger partial charge < -0.3 is 0 Å². The van der Waals surface area contributed by atoms with Gasteiger partial charge in [0.25, 0.3) is 0 Å². The van der Waals surface area contributed by atoms with Crippen molar-refractivity contribution in [3.05, 3.63) is 59.2 Å². The van der Waals surface area contributed by atoms with Crippen molar-refractivity contribution in [2.24, 2.45) is 0 Å². The van der Waals surface area contributed by atoms with E-state index in [1.54, 1.807) is 6.07 Å². The Bertz CT molecular complexity index is 1150. The lowest BCUT2D eigenvalue weighted by atomic mass is 9.81. The zero-order valence-corrected chi connectivity index (χ0v) is 16.9. The van der Waals surface area contributed by atoms with Crippen molar-refractivity contribution < 1.29 is 8.42 Å². The number of nitrogens with zero attached hydrogens (tertiary/aromatic N) is 3. The average molecular weight is 394 g/mol. The number of rotatable bonds is 3. The Morgan fingerprint density at radius 2 is 1.89 bits per heavy atom. The highest BCUT2D eigenvalue weighted by atomic mass is 32.2. The third-order valence-corrected chi connectivity index (χ3v) is 7.16. The molecule has 2 aromatic carbocycles. The third kappa shape index (κ3) is 3.38. The van der Waals surface area contributed by atoms with Crippen LogP contribution in [0.5, 0.6) is 0 Å². The lowest BCUT2D eigenvalue weighted by molar-refractivity contribution is 0.473. The van der Waals surface area contributed by atoms with Gasteiger partial charge in [-0.05, 0) is 58.4 Å². The summed E-state index contributed by atoms with van der Waals surface area (Å²) in [4.78, 5) is 0.475. The molecule has 0 amide bonds. The van der Waals surface area contributed by atoms with Crippen LogP contribution < -0.4 is 0 Å². The second-order valence-corrected chi connectivity index (χ2v) is 9.93. The Hall–Kier alpha value is -2.80. The van der Waals surface area contributed by atoms with Gasteiger partial charge in [0.1, 0.15) is 0 Å². The number of aromatic nitrogens is 4. The van der Waals surface area contributed by atoms with Crippen molar-refractivity contribution in [1.82, 2.24) is 20.6 Å². The first-order valence-electron chi connectivity index (χ1n) is 9.16. The van der Waals surface area contributed by atoms with E-state index in [1.807, 2.05) is 43.3 Å². The smallest absolute Gasteiger partial charge is 0.204 e. The van der Waals surface area contributed by atoms with Crippen LogP contribution in [-0.2, 0) is 15.3 Å². The Morgan fingerprint density at radius 3 is 2.57 bits per heavy atom. The number of benzene rings is 2. The molecule has 0 bridgehead atoms. The van der Waals surface area contributed by atoms with E-state index in [0.717, 1.165) is 27.8 Å². The van der Waals surface area contributed by atoms with Gasteiger partial charge in [-0.1, -0.05) is 50.3 Å². The van der Waals surface area contributed by atoms with E-state index in [9.17, 15) is 8.42 Å². The molecular weight excluding hydrogens is 372 g/mol. The summed E-state index contributed by atoms with van der Waals surface area (Å²) in [5, 5.41) is 14.0. The van der Waals surface area contributed by atoms with Crippen molar-refractivity contribution >= 4 is 21.5 Å². The second kappa shape index (κ2) is 6.67. The maximum Gasteiger partial charge on any atom is 0.204 e. The topological polar surface area (TPSA) is 88.6 Å². The van der Waals surface area contributed by atoms with Crippen LogP contribution in [0.3, 0.4) is 0 Å². The van der Waals surface area contributed by atoms with Gasteiger partial charge in [-0.25, -0.2) is 8.42 Å². The summed E-state index contributed by atoms with van der Waals surface area (Å²) in [5.74, 6) is 0.778. The summed E-state index contributed by atoms with van der Waals surface area (Å²) in [5.41, 5.74) is 4.83. The molecule has 4 rings (SSSR count). The number of allylic oxidation sites excluding steroid dienone is 1. The first kappa shape index (κ1) is 18.6. The van der Waals surface area contributed by atoms with Crippen molar-refractivity contribution in [2.45, 2.75) is 37.5 Å². The van der Waals surface area contributed by atoms with Crippen LogP contribution in [0.1, 0.15) is 43.9 Å². The standard InChI is InChI=1S/C21H22N4O2S/c1-14(16-5-7-17(8-6-16)20-22-24-25-23-20)12-15-4-9-19-18(13-15)21(2,3)10-11-28(19,26)27/h4-9,12-13H,10-11H2,1-3H3,(H,22,23,24,25)/b14-12+. The maximum atomic E-state index is 12.4. The largest absolute Gasteiger partial charge is 0.224 e. The molecule has 1 aliphatic heterocycles. The van der Waals surface area contributed by atoms with Gasteiger partial charge >= 0.3 is 0 Å². The van der Waals surface area contributed by atoms with Gasteiger partial charge in [-0.3, -0.25) is 0 Å². The lowest BCUT2D eigenvalue weighted by Crippen LogP contribution is -2.30. The Kier molecular flexibility index (Phi) is 4.42. The summed E-state index contributed by atoms with van der Waals surface area (Å²) < 4.78 is 24.8. The molecule has 0 radical (unpaired) electrons. The molecule has 3 aromatic rings. The summed E-state index contributed by atoms with van der Waals surface area (Å²) in [7, 11) is -3.18. The molecule has 0 saturated heterocycles. The predicted molar refractivity (Wildman–Crippen MR) is 109 cm³/mol. The van der Waals surface area contributed by atoms with Gasteiger partial charge in [0.05, 0.1) is 10.6 Å². The van der Waals surface area contributed by atoms with E-state index in [1.165, 1.54) is 0 Å². The molecule has 6 nitrogen and oxygen atoms in total. The molecule has 0 atom stereocenters. The average Bonchev–Trinajstić information content (AvgIpc) is 3.20. The van der Waals surface area contributed by atoms with Gasteiger partial charge in [-0.2, -0.15) is 5.21 Å². The summed E-state index contributed by atoms with van der Waals surface area (Å²) >= 11 is 0. The van der Waals surface area contributed by atoms with Crippen molar-refractivity contribution in [1.29, 1.82) is 0 Å². The minimum atomic E-state index is -3.18. The quantitative estimate of drug-likeness (QED) is 0.681. The predicted octanol–water partition coefficient (Wildman–Crippen LogP) is 3.88. The fourth-order valence-corrected chi connectivity index (χ4v) is 5.52. The molecule has 0 spiro atoms. The monoisotopic (exact) mass is 394 g/mol. The molecule has 0 unspecified atom stereocenters. The zero-order chi connectivity index (χ0) is 19.9. The molecule has 0 saturated carbocycles. The highest BCUT2D eigenvalue weighted by molar-refractivity contribution is 7.91. The van der Waals surface area contributed by atoms with Gasteiger partial charge in [0.2, 0.25) is 5.82 Å². The first-order chi connectivity index (χ1) is 13.3. The molecule has 28 heavy (non-hydrogen) atoms. The van der Waals surface area contributed by atoms with Gasteiger partial charge in [0, 0.05) is 5.56 Å².